The van der Waals surface area contributed by atoms with Gasteiger partial charge in [-0.15, -0.1) is 10.2 Å². The number of nitrogens with one attached hydrogen (secondary N) is 3. The molecule has 0 aliphatic carbocycles. The summed E-state index contributed by atoms with van der Waals surface area (Å²) in [6, 6.07) is 24.5. The highest BCUT2D eigenvalue weighted by Gasteiger charge is 2.09. The average Bonchev–Trinajstić information content (AvgIpc) is 3.69. The molecule has 3 aromatic heterocycles. The first-order chi connectivity index (χ1) is 18.3. The van der Waals surface area contributed by atoms with Gasteiger partial charge in [-0.05, 0) is 66.8 Å². The normalized spacial score (nSPS) is 11.2. The number of benzene rings is 3. The second kappa shape index (κ2) is 10.4. The Labute approximate surface area is 213 Å². The van der Waals surface area contributed by atoms with Gasteiger partial charge in [-0.1, -0.05) is 41.6 Å². The minimum Gasteiger partial charge on any atom is -0.457 e. The van der Waals surface area contributed by atoms with Crippen LogP contribution in [0.5, 0.6) is 11.5 Å². The van der Waals surface area contributed by atoms with Crippen molar-refractivity contribution in [3.8, 4) is 22.9 Å². The summed E-state index contributed by atoms with van der Waals surface area (Å²) >= 11 is 0. The molecule has 3 aromatic carbocycles. The van der Waals surface area contributed by atoms with E-state index < -0.39 is 0 Å². The van der Waals surface area contributed by atoms with E-state index in [4.69, 9.17) is 9.72 Å². The number of nitrogens with zero attached hydrogens (tertiary/aromatic N) is 5. The molecule has 0 aliphatic rings. The van der Waals surface area contributed by atoms with E-state index in [1.165, 1.54) is 11.1 Å². The van der Waals surface area contributed by atoms with Crippen molar-refractivity contribution in [2.45, 2.75) is 32.1 Å². The van der Waals surface area contributed by atoms with Gasteiger partial charge in [0.1, 0.15) is 17.3 Å². The molecule has 0 unspecified atom stereocenters. The fraction of sp³-hybridized carbons (Fsp3) is 0.179. The number of tetrazole rings is 1. The maximum atomic E-state index is 6.10. The summed E-state index contributed by atoms with van der Waals surface area (Å²) in [6.45, 7) is 0. The van der Waals surface area contributed by atoms with E-state index in [0.717, 1.165) is 65.3 Å². The second-order valence-corrected chi connectivity index (χ2v) is 8.99. The van der Waals surface area contributed by atoms with E-state index in [1.54, 1.807) is 0 Å². The first-order valence-corrected chi connectivity index (χ1v) is 12.4. The number of fused-ring (bicyclic) bond motifs is 1. The second-order valence-electron chi connectivity index (χ2n) is 8.99. The van der Waals surface area contributed by atoms with Crippen LogP contribution in [0.4, 0.5) is 0 Å². The van der Waals surface area contributed by atoms with Gasteiger partial charge in [0, 0.05) is 35.5 Å². The lowest BCUT2D eigenvalue weighted by atomic mass is 10.0. The molecule has 37 heavy (non-hydrogen) atoms. The van der Waals surface area contributed by atoms with E-state index in [2.05, 4.69) is 60.1 Å². The van der Waals surface area contributed by atoms with Crippen LogP contribution >= 0.6 is 0 Å². The van der Waals surface area contributed by atoms with E-state index in [1.807, 2.05) is 54.7 Å². The van der Waals surface area contributed by atoms with E-state index in [9.17, 15) is 0 Å². The first-order valence-electron chi connectivity index (χ1n) is 12.4. The first kappa shape index (κ1) is 22.7. The Balaban J connectivity index is 1.08. The molecule has 0 spiro atoms. The molecule has 9 nitrogen and oxygen atoms in total. The Morgan fingerprint density at radius 2 is 1.68 bits per heavy atom. The van der Waals surface area contributed by atoms with Crippen LogP contribution in [0.15, 0.2) is 79.0 Å². The van der Waals surface area contributed by atoms with Crippen molar-refractivity contribution < 1.29 is 4.74 Å². The minimum absolute atomic E-state index is 0.652. The Morgan fingerprint density at radius 3 is 2.62 bits per heavy atom. The van der Waals surface area contributed by atoms with Gasteiger partial charge in [-0.25, -0.2) is 4.98 Å². The number of unbranched alkanes of at least 4 members (excludes halogenated alkanes) is 1. The van der Waals surface area contributed by atoms with Gasteiger partial charge in [0.05, 0.1) is 0 Å². The van der Waals surface area contributed by atoms with Crippen LogP contribution in [-0.4, -0.2) is 40.8 Å². The number of aromatic nitrogens is 8. The molecule has 9 heteroatoms. The molecule has 0 aliphatic heterocycles. The summed E-state index contributed by atoms with van der Waals surface area (Å²) < 4.78 is 6.10. The molecule has 0 radical (unpaired) electrons. The SMILES string of the molecule is c1cc(CCCCc2nn[nH]n2)cc(Cc2nc(-c3cccc(Oc4ccc5[nH]ccc5c4)c3)n[nH]2)c1. The molecule has 0 saturated heterocycles. The topological polar surface area (TPSA) is 121 Å². The average molecular weight is 491 g/mol. The van der Waals surface area contributed by atoms with Gasteiger partial charge in [0.15, 0.2) is 11.6 Å². The summed E-state index contributed by atoms with van der Waals surface area (Å²) in [4.78, 5) is 7.94. The predicted molar refractivity (Wildman–Crippen MR) is 140 cm³/mol. The monoisotopic (exact) mass is 490 g/mol. The standard InChI is InChI=1S/C28H26N8O/c1(2-10-26-32-35-36-33-26)5-19-6-3-7-20(15-19)16-27-30-28(34-31-27)22-8-4-9-23(18-22)37-24-11-12-25-21(17-24)13-14-29-25/h3-4,6-9,11-15,17-18,29H,1-2,5,10,16H2,(H,30,31,34)(H,32,33,35,36). The van der Waals surface area contributed by atoms with Gasteiger partial charge in [-0.3, -0.25) is 5.10 Å². The van der Waals surface area contributed by atoms with Gasteiger partial charge >= 0.3 is 0 Å². The van der Waals surface area contributed by atoms with Crippen molar-refractivity contribution in [3.63, 3.8) is 0 Å². The molecule has 0 amide bonds. The van der Waals surface area contributed by atoms with Crippen LogP contribution in [0.3, 0.4) is 0 Å². The van der Waals surface area contributed by atoms with Gasteiger partial charge in [0.25, 0.3) is 0 Å². The van der Waals surface area contributed by atoms with E-state index in [0.29, 0.717) is 12.2 Å². The highest BCUT2D eigenvalue weighted by molar-refractivity contribution is 5.80. The van der Waals surface area contributed by atoms with Gasteiger partial charge in [-0.2, -0.15) is 10.3 Å². The molecule has 0 atom stereocenters. The number of H-pyrrole nitrogens is 3. The van der Waals surface area contributed by atoms with Crippen molar-refractivity contribution in [1.82, 2.24) is 40.8 Å². The number of rotatable bonds is 10. The predicted octanol–water partition coefficient (Wildman–Crippen LogP) is 5.41. The highest BCUT2D eigenvalue weighted by Crippen LogP contribution is 2.28. The zero-order valence-electron chi connectivity index (χ0n) is 20.2. The third-order valence-corrected chi connectivity index (χ3v) is 6.25. The third kappa shape index (κ3) is 5.56. The van der Waals surface area contributed by atoms with E-state index >= 15 is 0 Å². The Hall–Kier alpha value is -4.79. The maximum Gasteiger partial charge on any atom is 0.181 e. The number of aryl methyl sites for hydroxylation is 2. The summed E-state index contributed by atoms with van der Waals surface area (Å²) in [6.07, 6.45) is 6.56. The molecule has 3 heterocycles. The van der Waals surface area contributed by atoms with Crippen LogP contribution in [0.1, 0.15) is 35.6 Å². The Kier molecular flexibility index (Phi) is 6.40. The van der Waals surface area contributed by atoms with Gasteiger partial charge < -0.3 is 9.72 Å². The molecule has 6 rings (SSSR count). The Morgan fingerprint density at radius 1 is 0.784 bits per heavy atom. The summed E-state index contributed by atoms with van der Waals surface area (Å²) in [5.74, 6) is 3.78. The largest absolute Gasteiger partial charge is 0.457 e. The lowest BCUT2D eigenvalue weighted by molar-refractivity contribution is 0.483. The van der Waals surface area contributed by atoms with Crippen LogP contribution in [0.25, 0.3) is 22.3 Å². The highest BCUT2D eigenvalue weighted by atomic mass is 16.5. The lowest BCUT2D eigenvalue weighted by Crippen LogP contribution is -1.95. The number of hydrogen-bond donors (Lipinski definition) is 3. The summed E-state index contributed by atoms with van der Waals surface area (Å²) in [5, 5.41) is 22.8. The molecular weight excluding hydrogens is 464 g/mol. The lowest BCUT2D eigenvalue weighted by Gasteiger charge is -2.07. The number of ether oxygens (including phenoxy) is 1. The quantitative estimate of drug-likeness (QED) is 0.221. The number of aromatic amines is 3. The van der Waals surface area contributed by atoms with Crippen molar-refractivity contribution in [2.24, 2.45) is 0 Å². The molecule has 0 saturated carbocycles. The van der Waals surface area contributed by atoms with Crippen LogP contribution in [0.2, 0.25) is 0 Å². The third-order valence-electron chi connectivity index (χ3n) is 6.25. The molecule has 184 valence electrons. The van der Waals surface area contributed by atoms with Gasteiger partial charge in [0.2, 0.25) is 0 Å². The fourth-order valence-electron chi connectivity index (χ4n) is 4.42. The van der Waals surface area contributed by atoms with Crippen LogP contribution < -0.4 is 4.74 Å². The zero-order valence-corrected chi connectivity index (χ0v) is 20.2. The summed E-state index contributed by atoms with van der Waals surface area (Å²) in [7, 11) is 0. The fourth-order valence-corrected chi connectivity index (χ4v) is 4.42. The Bertz CT molecular complexity index is 1600. The number of hydrogen-bond acceptors (Lipinski definition) is 6. The molecular formula is C28H26N8O. The molecule has 0 bridgehead atoms. The van der Waals surface area contributed by atoms with Crippen LogP contribution in [-0.2, 0) is 19.3 Å². The van der Waals surface area contributed by atoms with Crippen molar-refractivity contribution in [1.29, 1.82) is 0 Å². The smallest absolute Gasteiger partial charge is 0.181 e. The van der Waals surface area contributed by atoms with E-state index in [-0.39, 0.29) is 0 Å². The molecule has 0 fully saturated rings. The molecule has 3 N–H and O–H groups in total. The minimum atomic E-state index is 0.652. The summed E-state index contributed by atoms with van der Waals surface area (Å²) in [5.41, 5.74) is 4.50. The van der Waals surface area contributed by atoms with Crippen molar-refractivity contribution in [3.05, 3.63) is 102 Å². The van der Waals surface area contributed by atoms with Crippen molar-refractivity contribution in [2.75, 3.05) is 0 Å². The van der Waals surface area contributed by atoms with Crippen LogP contribution in [0, 0.1) is 0 Å². The zero-order chi connectivity index (χ0) is 24.9. The van der Waals surface area contributed by atoms with Crippen molar-refractivity contribution >= 4 is 10.9 Å². The maximum absolute atomic E-state index is 6.10. The molecule has 6 aromatic rings.